The third-order valence-corrected chi connectivity index (χ3v) is 14.7. The molecule has 410 valence electrons. The summed E-state index contributed by atoms with van der Waals surface area (Å²) >= 11 is 0.880. The van der Waals surface area contributed by atoms with E-state index in [9.17, 15) is 72.5 Å². The van der Waals surface area contributed by atoms with E-state index in [2.05, 4.69) is 60.3 Å². The number of hydrogen-bond donors (Lipinski definition) is 13. The van der Waals surface area contributed by atoms with Gasteiger partial charge in [0.15, 0.2) is 0 Å². The molecule has 0 fully saturated rings. The molecule has 0 aliphatic heterocycles. The lowest BCUT2D eigenvalue weighted by Crippen LogP contribution is -2.32. The lowest BCUT2D eigenvalue weighted by atomic mass is 10.0. The summed E-state index contributed by atoms with van der Waals surface area (Å²) in [5.41, 5.74) is 0.0257. The van der Waals surface area contributed by atoms with Crippen molar-refractivity contribution >= 4 is 111 Å². The number of nitrogens with one attached hydrogen (secondary N) is 3. The number of hydrogen-bond acceptors (Lipinski definition) is 31. The highest BCUT2D eigenvalue weighted by atomic mass is 32.2. The molecule has 0 atom stereocenters. The fourth-order valence-electron chi connectivity index (χ4n) is 6.65. The number of nitrogens with zero attached hydrogens (tertiary/aromatic N) is 8. The average molecular weight is 1180 g/mol. The molecule has 0 spiro atoms. The van der Waals surface area contributed by atoms with Crippen molar-refractivity contribution in [3.8, 4) is 0 Å². The van der Waals surface area contributed by atoms with Crippen molar-refractivity contribution in [2.45, 2.75) is 48.6 Å². The quantitative estimate of drug-likeness (QED) is 0.0153. The Morgan fingerprint density at radius 1 is 0.539 bits per heavy atom. The zero-order valence-corrected chi connectivity index (χ0v) is 42.7. The molecule has 76 heavy (non-hydrogen) atoms. The second-order valence-corrected chi connectivity index (χ2v) is 22.0. The number of aliphatic hydroxyl groups is 2. The molecular formula is C37H39N11O22S6. The van der Waals surface area contributed by atoms with Crippen LogP contribution in [0.15, 0.2) is 102 Å². The molecule has 0 saturated carbocycles. The van der Waals surface area contributed by atoms with E-state index < -0.39 is 102 Å². The largest absolute Gasteiger partial charge is 0.395 e. The van der Waals surface area contributed by atoms with Gasteiger partial charge in [0.05, 0.1) is 58.5 Å². The molecule has 0 amide bonds. The van der Waals surface area contributed by atoms with Crippen LogP contribution in [0.5, 0.6) is 0 Å². The van der Waals surface area contributed by atoms with Crippen molar-refractivity contribution in [3.05, 3.63) is 95.3 Å². The molecule has 2 aromatic heterocycles. The van der Waals surface area contributed by atoms with Crippen LogP contribution in [0, 0.1) is 0 Å². The molecule has 39 heteroatoms. The SMILES string of the molecule is O=S(=O)(O)c1ccc(Nc2nc(Cc3ccc(CCc4ccc(Nc5nc(Nc6ccc(SOOO)cc6S(=O)(=O)O)nc(N(O)O)n5)cc4S(=O)(=O)O)c(SOOO)c3)nc(N(CCO)CCO)n2)c(S(=O)(=O)O)c1. The van der Waals surface area contributed by atoms with Gasteiger partial charge in [-0.3, -0.25) is 28.6 Å². The Labute approximate surface area is 437 Å². The third kappa shape index (κ3) is 16.2. The summed E-state index contributed by atoms with van der Waals surface area (Å²) in [6.45, 7) is -1.08. The summed E-state index contributed by atoms with van der Waals surface area (Å²) in [7, 11) is -20.0. The number of rotatable bonds is 27. The molecule has 0 bridgehead atoms. The first-order valence-electron chi connectivity index (χ1n) is 20.5. The van der Waals surface area contributed by atoms with Crippen molar-refractivity contribution in [1.82, 2.24) is 29.9 Å². The van der Waals surface area contributed by atoms with E-state index in [0.717, 1.165) is 30.3 Å². The Hall–Kier alpha value is -6.16. The minimum absolute atomic E-state index is 0.0141. The van der Waals surface area contributed by atoms with Crippen molar-refractivity contribution in [2.75, 3.05) is 52.4 Å². The number of benzene rings is 4. The summed E-state index contributed by atoms with van der Waals surface area (Å²) in [6.07, 6.45) is -0.233. The molecule has 4 aromatic carbocycles. The summed E-state index contributed by atoms with van der Waals surface area (Å²) in [5, 5.41) is 70.8. The van der Waals surface area contributed by atoms with Crippen LogP contribution in [-0.4, -0.2) is 139 Å². The molecule has 13 N–H and O–H groups in total. The van der Waals surface area contributed by atoms with Crippen molar-refractivity contribution in [2.24, 2.45) is 0 Å². The van der Waals surface area contributed by atoms with E-state index in [1.165, 1.54) is 29.2 Å². The highest BCUT2D eigenvalue weighted by Gasteiger charge is 2.25. The normalized spacial score (nSPS) is 12.1. The van der Waals surface area contributed by atoms with E-state index in [0.29, 0.717) is 41.3 Å². The number of aliphatic hydroxyl groups excluding tert-OH is 2. The van der Waals surface area contributed by atoms with Gasteiger partial charge in [0.1, 0.15) is 15.6 Å². The number of aryl methyl sites for hydroxylation is 2. The molecule has 0 unspecified atom stereocenters. The third-order valence-electron chi connectivity index (χ3n) is 9.82. The van der Waals surface area contributed by atoms with E-state index >= 15 is 0 Å². The van der Waals surface area contributed by atoms with Crippen molar-refractivity contribution in [1.29, 1.82) is 0 Å². The Morgan fingerprint density at radius 2 is 1.09 bits per heavy atom. The molecule has 0 radical (unpaired) electrons. The standard InChI is InChI=1S/C37H39N11O22S6/c49-13-11-47(12-14-50)36-42-32(41-34(44-36)39-27-10-8-25(73(55,56)57)19-31(27)76(64,65)66)16-20-1-2-21(28(15-20)72-70-68-54)3-4-22-5-6-23(17-29(22)74(58,59)60)38-33-43-35(46-37(45-33)48(51)52)40-26-9-7-24(71-69-67-53)18-30(26)75(61,62)63/h1-2,5-10,15,17-19,49-54H,3-4,11-14,16H2,(H,55,56,57)(H,58,59,60)(H,61,62,63)(H,64,65,66)(H,39,41,42,44)(H2,38,40,43,45,46). The molecule has 6 rings (SSSR count). The van der Waals surface area contributed by atoms with Crippen LogP contribution >= 0.6 is 24.1 Å². The topological polar surface area (TPSA) is 496 Å². The predicted octanol–water partition coefficient (Wildman–Crippen LogP) is 2.88. The Bertz CT molecular complexity index is 3530. The predicted molar refractivity (Wildman–Crippen MR) is 258 cm³/mol. The second-order valence-electron chi connectivity index (χ2n) is 14.9. The maximum Gasteiger partial charge on any atom is 0.296 e. The Balaban J connectivity index is 1.28. The highest BCUT2D eigenvalue weighted by Crippen LogP contribution is 2.33. The van der Waals surface area contributed by atoms with Crippen LogP contribution in [0.25, 0.3) is 0 Å². The van der Waals surface area contributed by atoms with E-state index in [1.54, 1.807) is 12.1 Å². The molecule has 0 saturated heterocycles. The summed E-state index contributed by atoms with van der Waals surface area (Å²) in [5.74, 6) is -2.48. The van der Waals surface area contributed by atoms with Gasteiger partial charge in [-0.1, -0.05) is 33.5 Å². The highest BCUT2D eigenvalue weighted by molar-refractivity contribution is 7.95. The van der Waals surface area contributed by atoms with E-state index in [-0.39, 0.29) is 76.8 Å². The van der Waals surface area contributed by atoms with Gasteiger partial charge in [0.25, 0.3) is 46.4 Å². The summed E-state index contributed by atoms with van der Waals surface area (Å²) in [4.78, 5) is 23.0. The van der Waals surface area contributed by atoms with Gasteiger partial charge in [0, 0.05) is 35.0 Å². The fourth-order valence-corrected chi connectivity index (χ4v) is 10.4. The molecule has 2 heterocycles. The van der Waals surface area contributed by atoms with Crippen molar-refractivity contribution < 1.29 is 102 Å². The van der Waals surface area contributed by atoms with Gasteiger partial charge in [-0.05, 0) is 84.1 Å². The van der Waals surface area contributed by atoms with E-state index in [1.807, 2.05) is 0 Å². The van der Waals surface area contributed by atoms with E-state index in [4.69, 9.17) is 14.8 Å². The van der Waals surface area contributed by atoms with Gasteiger partial charge in [0.2, 0.25) is 23.8 Å². The first kappa shape index (κ1) is 59.1. The van der Waals surface area contributed by atoms with Gasteiger partial charge in [-0.2, -0.15) is 63.6 Å². The molecule has 6 aromatic rings. The van der Waals surface area contributed by atoms with Crippen LogP contribution in [0.3, 0.4) is 0 Å². The number of anilines is 8. The van der Waals surface area contributed by atoms with Gasteiger partial charge < -0.3 is 31.1 Å². The molecular weight excluding hydrogens is 1140 g/mol. The fraction of sp³-hybridized carbons (Fsp3) is 0.189. The number of aromatic nitrogens is 6. The minimum atomic E-state index is -5.15. The lowest BCUT2D eigenvalue weighted by Gasteiger charge is -2.21. The average Bonchev–Trinajstić information content (AvgIpc) is 3.34. The lowest BCUT2D eigenvalue weighted by molar-refractivity contribution is -0.432. The summed E-state index contributed by atoms with van der Waals surface area (Å²) in [6, 6.07) is 13.8. The van der Waals surface area contributed by atoms with Crippen molar-refractivity contribution in [3.63, 3.8) is 0 Å². The van der Waals surface area contributed by atoms with Crippen LogP contribution in [0.4, 0.5) is 46.8 Å². The van der Waals surface area contributed by atoms with Crippen LogP contribution in [-0.2, 0) is 78.5 Å². The molecule has 0 aliphatic rings. The first-order chi connectivity index (χ1) is 35.8. The molecule has 0 aliphatic carbocycles. The van der Waals surface area contributed by atoms with Crippen LogP contribution < -0.4 is 26.1 Å². The zero-order valence-electron chi connectivity index (χ0n) is 37.8. The van der Waals surface area contributed by atoms with Gasteiger partial charge in [-0.25, -0.2) is 10.5 Å². The molecule has 33 nitrogen and oxygen atoms in total. The Kier molecular flexibility index (Phi) is 19.7. The maximum atomic E-state index is 12.8. The monoisotopic (exact) mass is 1180 g/mol. The van der Waals surface area contributed by atoms with Crippen LogP contribution in [0.1, 0.15) is 22.5 Å². The second kappa shape index (κ2) is 25.3. The van der Waals surface area contributed by atoms with Crippen LogP contribution in [0.2, 0.25) is 0 Å². The first-order valence-corrected chi connectivity index (χ1v) is 27.7. The maximum absolute atomic E-state index is 12.8. The zero-order chi connectivity index (χ0) is 55.6. The minimum Gasteiger partial charge on any atom is -0.395 e. The Morgan fingerprint density at radius 3 is 1.68 bits per heavy atom. The smallest absolute Gasteiger partial charge is 0.296 e. The van der Waals surface area contributed by atoms with Gasteiger partial charge >= 0.3 is 0 Å². The summed E-state index contributed by atoms with van der Waals surface area (Å²) < 4.78 is 147. The van der Waals surface area contributed by atoms with Gasteiger partial charge in [-0.15, -0.1) is 8.67 Å².